The molecule has 0 bridgehead atoms. The maximum absolute atomic E-state index is 11.5. The Morgan fingerprint density at radius 2 is 1.35 bits per heavy atom. The molecule has 0 unspecified atom stereocenters. The van der Waals surface area contributed by atoms with Gasteiger partial charge >= 0.3 is 19.5 Å². The molecule has 0 aliphatic carbocycles. The largest absolute Gasteiger partial charge is 1.00 e. The van der Waals surface area contributed by atoms with Gasteiger partial charge in [0.1, 0.15) is 0 Å². The summed E-state index contributed by atoms with van der Waals surface area (Å²) in [5.41, 5.74) is 9.00. The Bertz CT molecular complexity index is 718. The van der Waals surface area contributed by atoms with E-state index in [0.29, 0.717) is 12.5 Å². The van der Waals surface area contributed by atoms with Crippen LogP contribution in [0.25, 0.3) is 0 Å². The second-order valence-corrected chi connectivity index (χ2v) is 7.83. The van der Waals surface area contributed by atoms with E-state index in [1.807, 2.05) is 6.92 Å². The summed E-state index contributed by atoms with van der Waals surface area (Å²) in [6.07, 6.45) is 0. The SMILES string of the molecule is Cc1ccc(C(C)C)cc1.Cc1ccc(S(=O)(=O)NCCN)cc1.[Cl-].[Ru+]. The Morgan fingerprint density at radius 3 is 1.73 bits per heavy atom. The Morgan fingerprint density at radius 1 is 0.923 bits per heavy atom. The van der Waals surface area contributed by atoms with Gasteiger partial charge in [-0.3, -0.25) is 0 Å². The minimum Gasteiger partial charge on any atom is -1.00 e. The molecule has 0 aliphatic heterocycles. The van der Waals surface area contributed by atoms with E-state index in [4.69, 9.17) is 5.73 Å². The van der Waals surface area contributed by atoms with Gasteiger partial charge in [0.2, 0.25) is 10.0 Å². The molecular formula is C19H28ClN2O2RuS. The van der Waals surface area contributed by atoms with Gasteiger partial charge in [0.15, 0.2) is 0 Å². The molecule has 0 aliphatic rings. The second-order valence-electron chi connectivity index (χ2n) is 6.06. The molecule has 0 aromatic heterocycles. The molecule has 4 nitrogen and oxygen atoms in total. The van der Waals surface area contributed by atoms with Gasteiger partial charge in [-0.25, -0.2) is 13.1 Å². The normalized spacial score (nSPS) is 10.2. The number of aryl methyl sites for hydroxylation is 2. The monoisotopic (exact) mass is 485 g/mol. The smallest absolute Gasteiger partial charge is 1.00 e. The summed E-state index contributed by atoms with van der Waals surface area (Å²) in [5, 5.41) is 0. The van der Waals surface area contributed by atoms with Gasteiger partial charge in [-0.15, -0.1) is 0 Å². The number of sulfonamides is 1. The van der Waals surface area contributed by atoms with Crippen LogP contribution in [0.4, 0.5) is 0 Å². The zero-order valence-corrected chi connectivity index (χ0v) is 19.0. The Labute approximate surface area is 177 Å². The van der Waals surface area contributed by atoms with Gasteiger partial charge in [0.25, 0.3) is 0 Å². The van der Waals surface area contributed by atoms with E-state index in [9.17, 15) is 8.42 Å². The van der Waals surface area contributed by atoms with E-state index in [0.717, 1.165) is 5.56 Å². The predicted molar refractivity (Wildman–Crippen MR) is 101 cm³/mol. The van der Waals surface area contributed by atoms with E-state index in [1.54, 1.807) is 24.3 Å². The van der Waals surface area contributed by atoms with Gasteiger partial charge < -0.3 is 18.1 Å². The van der Waals surface area contributed by atoms with Crippen molar-refractivity contribution in [3.63, 3.8) is 0 Å². The van der Waals surface area contributed by atoms with Crippen LogP contribution in [0.5, 0.6) is 0 Å². The van der Waals surface area contributed by atoms with Crippen molar-refractivity contribution in [3.8, 4) is 0 Å². The molecule has 0 atom stereocenters. The van der Waals surface area contributed by atoms with Crippen molar-refractivity contribution in [1.82, 2.24) is 4.72 Å². The van der Waals surface area contributed by atoms with Crippen LogP contribution in [0.15, 0.2) is 53.4 Å². The molecule has 7 heteroatoms. The molecule has 0 saturated carbocycles. The van der Waals surface area contributed by atoms with Crippen molar-refractivity contribution in [2.45, 2.75) is 38.5 Å². The molecule has 0 fully saturated rings. The third kappa shape index (κ3) is 9.79. The van der Waals surface area contributed by atoms with E-state index in [2.05, 4.69) is 49.8 Å². The van der Waals surface area contributed by atoms with Crippen LogP contribution in [0, 0.1) is 13.8 Å². The van der Waals surface area contributed by atoms with Crippen LogP contribution in [-0.4, -0.2) is 21.5 Å². The van der Waals surface area contributed by atoms with E-state index >= 15 is 0 Å². The topological polar surface area (TPSA) is 72.2 Å². The predicted octanol–water partition coefficient (Wildman–Crippen LogP) is 0.352. The van der Waals surface area contributed by atoms with Gasteiger partial charge in [0, 0.05) is 13.1 Å². The number of nitrogens with two attached hydrogens (primary N) is 1. The first-order valence-electron chi connectivity index (χ1n) is 8.09. The number of hydrogen-bond acceptors (Lipinski definition) is 3. The summed E-state index contributed by atoms with van der Waals surface area (Å²) in [6.45, 7) is 9.00. The molecule has 2 aromatic rings. The number of benzene rings is 2. The third-order valence-corrected chi connectivity index (χ3v) is 4.99. The quantitative estimate of drug-likeness (QED) is 0.602. The Balaban J connectivity index is 0. The third-order valence-electron chi connectivity index (χ3n) is 3.51. The maximum Gasteiger partial charge on any atom is 1.00 e. The average Bonchev–Trinajstić information content (AvgIpc) is 2.54. The zero-order valence-electron chi connectivity index (χ0n) is 15.6. The van der Waals surface area contributed by atoms with Crippen molar-refractivity contribution in [3.05, 3.63) is 65.2 Å². The number of nitrogens with one attached hydrogen (secondary N) is 1. The Hall–Kier alpha value is -0.777. The van der Waals surface area contributed by atoms with Crippen molar-refractivity contribution in [1.29, 1.82) is 0 Å². The molecule has 1 radical (unpaired) electrons. The van der Waals surface area contributed by atoms with Crippen LogP contribution in [0.2, 0.25) is 0 Å². The summed E-state index contributed by atoms with van der Waals surface area (Å²) in [5.74, 6) is 0.653. The number of rotatable bonds is 5. The van der Waals surface area contributed by atoms with E-state index in [-0.39, 0.29) is 43.3 Å². The van der Waals surface area contributed by atoms with Crippen molar-refractivity contribution in [2.24, 2.45) is 5.73 Å². The first-order valence-corrected chi connectivity index (χ1v) is 9.57. The van der Waals surface area contributed by atoms with Crippen LogP contribution in [0.1, 0.15) is 36.5 Å². The van der Waals surface area contributed by atoms with Gasteiger partial charge in [0.05, 0.1) is 4.90 Å². The molecule has 2 rings (SSSR count). The molecule has 0 heterocycles. The molecule has 26 heavy (non-hydrogen) atoms. The fourth-order valence-electron chi connectivity index (χ4n) is 1.95. The number of halogens is 1. The van der Waals surface area contributed by atoms with Crippen LogP contribution in [0.3, 0.4) is 0 Å². The minimum atomic E-state index is -3.37. The molecule has 0 saturated heterocycles. The molecule has 0 amide bonds. The first kappa shape index (κ1) is 27.4. The summed E-state index contributed by atoms with van der Waals surface area (Å²) < 4.78 is 25.5. The molecule has 0 spiro atoms. The fraction of sp³-hybridized carbons (Fsp3) is 0.368. The average molecular weight is 485 g/mol. The summed E-state index contributed by atoms with van der Waals surface area (Å²) >= 11 is 0. The van der Waals surface area contributed by atoms with Gasteiger partial charge in [-0.1, -0.05) is 61.4 Å². The minimum absolute atomic E-state index is 0. The second kappa shape index (κ2) is 13.4. The molecular weight excluding hydrogens is 457 g/mol. The molecule has 2 aromatic carbocycles. The van der Waals surface area contributed by atoms with E-state index < -0.39 is 10.0 Å². The van der Waals surface area contributed by atoms with Gasteiger partial charge in [-0.05, 0) is 37.5 Å². The first-order chi connectivity index (χ1) is 11.3. The fourth-order valence-corrected chi connectivity index (χ4v) is 2.99. The molecule has 147 valence electrons. The maximum atomic E-state index is 11.5. The Kier molecular flexibility index (Phi) is 14.1. The van der Waals surface area contributed by atoms with Crippen molar-refractivity contribution in [2.75, 3.05) is 13.1 Å². The molecule has 3 N–H and O–H groups in total. The van der Waals surface area contributed by atoms with E-state index in [1.165, 1.54) is 11.1 Å². The summed E-state index contributed by atoms with van der Waals surface area (Å²) in [7, 11) is -3.37. The zero-order chi connectivity index (χ0) is 18.2. The van der Waals surface area contributed by atoms with Crippen molar-refractivity contribution >= 4 is 10.0 Å². The van der Waals surface area contributed by atoms with Crippen LogP contribution >= 0.6 is 0 Å². The van der Waals surface area contributed by atoms with Crippen LogP contribution < -0.4 is 22.9 Å². The summed E-state index contributed by atoms with van der Waals surface area (Å²) in [6, 6.07) is 15.4. The standard InChI is InChI=1S/C10H14.C9H14N2O2S.ClH.Ru/c1-8(2)10-6-4-9(3)5-7-10;1-8-2-4-9(5-3-8)14(12,13)11-7-6-10;;/h4-8H,1-3H3;2-5,11H,6-7,10H2,1H3;1H;/q;;;+1/p-1. The summed E-state index contributed by atoms with van der Waals surface area (Å²) in [4.78, 5) is 0.275. The number of hydrogen-bond donors (Lipinski definition) is 2. The van der Waals surface area contributed by atoms with Gasteiger partial charge in [-0.2, -0.15) is 0 Å². The van der Waals surface area contributed by atoms with Crippen LogP contribution in [-0.2, 0) is 29.5 Å². The van der Waals surface area contributed by atoms with Crippen molar-refractivity contribution < 1.29 is 40.3 Å².